The van der Waals surface area contributed by atoms with Crippen molar-refractivity contribution in [3.05, 3.63) is 0 Å². The molecule has 0 bridgehead atoms. The number of nitrogens with zero attached hydrogens (tertiary/aromatic N) is 1. The van der Waals surface area contributed by atoms with Crippen molar-refractivity contribution in [1.29, 1.82) is 0 Å². The zero-order valence-corrected chi connectivity index (χ0v) is 9.77. The highest BCUT2D eigenvalue weighted by atomic mass is 16.4. The van der Waals surface area contributed by atoms with Crippen molar-refractivity contribution in [1.82, 2.24) is 4.90 Å². The first-order valence-electron chi connectivity index (χ1n) is 5.65. The smallest absolute Gasteiger partial charge is 0.475 e. The first-order chi connectivity index (χ1) is 8.32. The van der Waals surface area contributed by atoms with Gasteiger partial charge >= 0.3 is 13.1 Å². The van der Waals surface area contributed by atoms with Crippen LogP contribution >= 0.6 is 0 Å². The topological polar surface area (TPSA) is 144 Å². The number of aliphatic hydroxyl groups excluding tert-OH is 1. The Balaban J connectivity index is 2.61. The van der Waals surface area contributed by atoms with Gasteiger partial charge in [-0.3, -0.25) is 9.59 Å². The van der Waals surface area contributed by atoms with E-state index < -0.39 is 37.1 Å². The van der Waals surface area contributed by atoms with E-state index in [1.165, 1.54) is 0 Å². The van der Waals surface area contributed by atoms with E-state index in [0.29, 0.717) is 0 Å². The van der Waals surface area contributed by atoms with Crippen LogP contribution in [-0.2, 0) is 9.59 Å². The number of amides is 1. The predicted molar refractivity (Wildman–Crippen MR) is 61.2 cm³/mol. The van der Waals surface area contributed by atoms with Gasteiger partial charge in [-0.05, 0) is 12.8 Å². The highest BCUT2D eigenvalue weighted by molar-refractivity contribution is 6.43. The fourth-order valence-corrected chi connectivity index (χ4v) is 1.99. The summed E-state index contributed by atoms with van der Waals surface area (Å²) in [4.78, 5) is 23.4. The lowest BCUT2D eigenvalue weighted by Gasteiger charge is -2.26. The standard InChI is InChI=1S/C9H17BN2O6/c11-6(1-2-8(14)15)9(16)12-4-5(13)3-7(12)10(17)18/h5-7,13,17-18H,1-4,11H2,(H,14,15)/t5-,6-,7-/m0/s1. The number of carbonyl (C=O) groups excluding carboxylic acids is 1. The Bertz CT molecular complexity index is 326. The van der Waals surface area contributed by atoms with Crippen LogP contribution in [-0.4, -0.2) is 68.8 Å². The molecule has 0 spiro atoms. The van der Waals surface area contributed by atoms with Crippen LogP contribution in [0.15, 0.2) is 0 Å². The number of aliphatic hydroxyl groups is 1. The lowest BCUT2D eigenvalue weighted by molar-refractivity contribution is -0.137. The van der Waals surface area contributed by atoms with Gasteiger partial charge in [0.05, 0.1) is 18.1 Å². The van der Waals surface area contributed by atoms with Gasteiger partial charge in [-0.15, -0.1) is 0 Å². The van der Waals surface area contributed by atoms with E-state index in [-0.39, 0.29) is 25.8 Å². The summed E-state index contributed by atoms with van der Waals surface area (Å²) in [6.45, 7) is -0.0259. The fourth-order valence-electron chi connectivity index (χ4n) is 1.99. The molecule has 1 heterocycles. The maximum absolute atomic E-state index is 11.9. The Morgan fingerprint density at radius 1 is 1.44 bits per heavy atom. The van der Waals surface area contributed by atoms with E-state index in [4.69, 9.17) is 20.9 Å². The third-order valence-electron chi connectivity index (χ3n) is 2.93. The molecule has 0 aromatic rings. The van der Waals surface area contributed by atoms with Crippen LogP contribution in [0, 0.1) is 0 Å². The van der Waals surface area contributed by atoms with Crippen LogP contribution in [0.3, 0.4) is 0 Å². The van der Waals surface area contributed by atoms with Crippen LogP contribution < -0.4 is 5.73 Å². The Morgan fingerprint density at radius 3 is 2.56 bits per heavy atom. The van der Waals surface area contributed by atoms with Crippen LogP contribution in [0.25, 0.3) is 0 Å². The monoisotopic (exact) mass is 260 g/mol. The number of hydrogen-bond acceptors (Lipinski definition) is 6. The van der Waals surface area contributed by atoms with Crippen molar-refractivity contribution in [2.24, 2.45) is 5.73 Å². The average Bonchev–Trinajstić information content (AvgIpc) is 2.67. The van der Waals surface area contributed by atoms with Gasteiger partial charge in [0.15, 0.2) is 0 Å². The third kappa shape index (κ3) is 3.67. The van der Waals surface area contributed by atoms with Gasteiger partial charge in [-0.25, -0.2) is 0 Å². The number of carbonyl (C=O) groups is 2. The average molecular weight is 260 g/mol. The van der Waals surface area contributed by atoms with E-state index >= 15 is 0 Å². The fraction of sp³-hybridized carbons (Fsp3) is 0.778. The predicted octanol–water partition coefficient (Wildman–Crippen LogP) is -2.85. The third-order valence-corrected chi connectivity index (χ3v) is 2.93. The zero-order chi connectivity index (χ0) is 13.9. The molecule has 0 aromatic heterocycles. The Labute approximate surface area is 104 Å². The molecular formula is C9H17BN2O6. The van der Waals surface area contributed by atoms with Crippen molar-refractivity contribution in [3.8, 4) is 0 Å². The molecule has 1 rings (SSSR count). The van der Waals surface area contributed by atoms with E-state index in [9.17, 15) is 14.7 Å². The number of likely N-dealkylation sites (tertiary alicyclic amines) is 1. The van der Waals surface area contributed by atoms with Crippen LogP contribution in [0.4, 0.5) is 0 Å². The second-order valence-corrected chi connectivity index (χ2v) is 4.40. The normalized spacial score (nSPS) is 25.0. The highest BCUT2D eigenvalue weighted by Crippen LogP contribution is 2.20. The summed E-state index contributed by atoms with van der Waals surface area (Å²) in [5.74, 6) is -2.53. The summed E-state index contributed by atoms with van der Waals surface area (Å²) >= 11 is 0. The number of rotatable bonds is 5. The second kappa shape index (κ2) is 6.14. The molecule has 0 aromatic carbocycles. The summed E-state index contributed by atoms with van der Waals surface area (Å²) in [6.07, 6.45) is -1.04. The molecule has 102 valence electrons. The summed E-state index contributed by atoms with van der Waals surface area (Å²) in [6, 6.07) is -1.02. The van der Waals surface area contributed by atoms with Crippen molar-refractivity contribution < 1.29 is 29.9 Å². The summed E-state index contributed by atoms with van der Waals surface area (Å²) in [5, 5.41) is 36.1. The summed E-state index contributed by atoms with van der Waals surface area (Å²) in [7, 11) is -1.75. The molecule has 9 heteroatoms. The quantitative estimate of drug-likeness (QED) is 0.334. The van der Waals surface area contributed by atoms with Gasteiger partial charge in [0.25, 0.3) is 0 Å². The number of carboxylic acids is 1. The van der Waals surface area contributed by atoms with Crippen LogP contribution in [0.5, 0.6) is 0 Å². The largest absolute Gasteiger partial charge is 0.481 e. The molecule has 1 saturated heterocycles. The first kappa shape index (κ1) is 14.9. The number of β-amino-alcohol motifs (C(OH)–C–C–N with tert-alkyl or cyclic N) is 1. The van der Waals surface area contributed by atoms with Crippen molar-refractivity contribution in [3.63, 3.8) is 0 Å². The zero-order valence-electron chi connectivity index (χ0n) is 9.77. The number of nitrogens with two attached hydrogens (primary N) is 1. The minimum absolute atomic E-state index is 0.0259. The Morgan fingerprint density at radius 2 is 2.06 bits per heavy atom. The minimum Gasteiger partial charge on any atom is -0.481 e. The maximum atomic E-state index is 11.9. The van der Waals surface area contributed by atoms with Gasteiger partial charge in [-0.2, -0.15) is 0 Å². The van der Waals surface area contributed by atoms with Gasteiger partial charge in [0, 0.05) is 13.0 Å². The van der Waals surface area contributed by atoms with Gasteiger partial charge < -0.3 is 30.9 Å². The molecule has 1 amide bonds. The second-order valence-electron chi connectivity index (χ2n) is 4.40. The van der Waals surface area contributed by atoms with E-state index in [1.807, 2.05) is 0 Å². The Kier molecular flexibility index (Phi) is 5.09. The molecule has 0 saturated carbocycles. The molecule has 0 aliphatic carbocycles. The molecule has 1 aliphatic rings. The molecule has 1 fully saturated rings. The number of carboxylic acid groups (broad SMARTS) is 1. The van der Waals surface area contributed by atoms with Gasteiger partial charge in [0.2, 0.25) is 5.91 Å². The van der Waals surface area contributed by atoms with E-state index in [0.717, 1.165) is 4.90 Å². The lowest BCUT2D eigenvalue weighted by atomic mass is 9.77. The number of aliphatic carboxylic acids is 1. The summed E-state index contributed by atoms with van der Waals surface area (Å²) in [5.41, 5.74) is 5.55. The molecular weight excluding hydrogens is 243 g/mol. The molecule has 0 radical (unpaired) electrons. The van der Waals surface area contributed by atoms with Gasteiger partial charge in [0.1, 0.15) is 0 Å². The molecule has 18 heavy (non-hydrogen) atoms. The minimum atomic E-state index is -1.75. The summed E-state index contributed by atoms with van der Waals surface area (Å²) < 4.78 is 0. The van der Waals surface area contributed by atoms with Gasteiger partial charge in [-0.1, -0.05) is 0 Å². The maximum Gasteiger partial charge on any atom is 0.475 e. The molecule has 3 atom stereocenters. The van der Waals surface area contributed by atoms with Crippen LogP contribution in [0.2, 0.25) is 0 Å². The molecule has 8 nitrogen and oxygen atoms in total. The highest BCUT2D eigenvalue weighted by Gasteiger charge is 2.42. The van der Waals surface area contributed by atoms with E-state index in [1.54, 1.807) is 0 Å². The SMILES string of the molecule is N[C@@H](CCC(=O)O)C(=O)N1C[C@@H](O)C[C@H]1B(O)O. The van der Waals surface area contributed by atoms with Crippen molar-refractivity contribution in [2.75, 3.05) is 6.54 Å². The van der Waals surface area contributed by atoms with Crippen LogP contribution in [0.1, 0.15) is 19.3 Å². The van der Waals surface area contributed by atoms with Crippen molar-refractivity contribution >= 4 is 19.0 Å². The molecule has 6 N–H and O–H groups in total. The lowest BCUT2D eigenvalue weighted by Crippen LogP contribution is -2.51. The molecule has 1 aliphatic heterocycles. The van der Waals surface area contributed by atoms with Crippen molar-refractivity contribution in [2.45, 2.75) is 37.3 Å². The number of hydrogen-bond donors (Lipinski definition) is 5. The van der Waals surface area contributed by atoms with E-state index in [2.05, 4.69) is 0 Å². The molecule has 0 unspecified atom stereocenters. The Hall–Kier alpha value is -1.16. The first-order valence-corrected chi connectivity index (χ1v) is 5.65.